The normalized spacial score (nSPS) is 15.5. The highest BCUT2D eigenvalue weighted by molar-refractivity contribution is 5.10. The fourth-order valence-electron chi connectivity index (χ4n) is 2.12. The Labute approximate surface area is 108 Å². The Hall–Kier alpha value is -0.980. The first kappa shape index (κ1) is 16.0. The second kappa shape index (κ2) is 8.16. The maximum absolute atomic E-state index is 3.90. The van der Waals surface area contributed by atoms with E-state index in [2.05, 4.69) is 58.9 Å². The maximum atomic E-state index is 3.90. The molecule has 0 rings (SSSR count). The molecule has 0 saturated heterocycles. The van der Waals surface area contributed by atoms with Crippen molar-refractivity contribution >= 4 is 0 Å². The highest BCUT2D eigenvalue weighted by atomic mass is 15.1. The summed E-state index contributed by atoms with van der Waals surface area (Å²) in [6, 6.07) is 0. The topological polar surface area (TPSA) is 3.24 Å². The van der Waals surface area contributed by atoms with E-state index in [9.17, 15) is 0 Å². The van der Waals surface area contributed by atoms with Crippen LogP contribution in [0.4, 0.5) is 0 Å². The summed E-state index contributed by atoms with van der Waals surface area (Å²) in [7, 11) is 2.08. The van der Waals surface area contributed by atoms with E-state index in [4.69, 9.17) is 0 Å². The summed E-state index contributed by atoms with van der Waals surface area (Å²) >= 11 is 0. The number of allylic oxidation sites excluding steroid dienone is 3. The third kappa shape index (κ3) is 4.80. The first-order valence-corrected chi connectivity index (χ1v) is 6.65. The van der Waals surface area contributed by atoms with Crippen molar-refractivity contribution in [3.63, 3.8) is 0 Å². The van der Waals surface area contributed by atoms with Gasteiger partial charge < -0.3 is 4.90 Å². The molecule has 1 nitrogen and oxygen atoms in total. The maximum Gasteiger partial charge on any atom is 0.0167 e. The summed E-state index contributed by atoms with van der Waals surface area (Å²) < 4.78 is 0. The molecule has 1 heteroatoms. The van der Waals surface area contributed by atoms with Gasteiger partial charge in [0.1, 0.15) is 0 Å². The highest BCUT2D eigenvalue weighted by Crippen LogP contribution is 2.31. The molecule has 2 unspecified atom stereocenters. The third-order valence-corrected chi connectivity index (χ3v) is 3.58. The van der Waals surface area contributed by atoms with Gasteiger partial charge in [-0.05, 0) is 30.9 Å². The van der Waals surface area contributed by atoms with Gasteiger partial charge in [-0.1, -0.05) is 46.4 Å². The molecular weight excluding hydrogens is 206 g/mol. The Kier molecular flexibility index (Phi) is 7.69. The van der Waals surface area contributed by atoms with Crippen LogP contribution in [0.3, 0.4) is 0 Å². The van der Waals surface area contributed by atoms with Gasteiger partial charge in [-0.2, -0.15) is 0 Å². The van der Waals surface area contributed by atoms with Crippen molar-refractivity contribution in [3.8, 4) is 0 Å². The molecule has 0 aromatic carbocycles. The number of hydrogen-bond acceptors (Lipinski definition) is 1. The van der Waals surface area contributed by atoms with E-state index in [0.717, 1.165) is 12.8 Å². The van der Waals surface area contributed by atoms with Gasteiger partial charge in [0.2, 0.25) is 0 Å². The summed E-state index contributed by atoms with van der Waals surface area (Å²) in [6.45, 7) is 16.9. The molecule has 0 amide bonds. The van der Waals surface area contributed by atoms with E-state index in [1.807, 2.05) is 12.3 Å². The molecule has 0 heterocycles. The lowest BCUT2D eigenvalue weighted by molar-refractivity contribution is 0.277. The fourth-order valence-corrected chi connectivity index (χ4v) is 2.12. The van der Waals surface area contributed by atoms with Gasteiger partial charge in [0.05, 0.1) is 0 Å². The number of rotatable bonds is 8. The first-order chi connectivity index (χ1) is 7.99. The van der Waals surface area contributed by atoms with E-state index in [-0.39, 0.29) is 0 Å². The molecule has 0 bridgehead atoms. The molecule has 98 valence electrons. The molecule has 0 radical (unpaired) electrons. The van der Waals surface area contributed by atoms with Crippen molar-refractivity contribution in [3.05, 3.63) is 37.2 Å². The van der Waals surface area contributed by atoms with Crippen LogP contribution in [0.5, 0.6) is 0 Å². The standard InChI is InChI=1S/C16H29N/c1-8-11-15(14(6)13(4)5)16(12-9-2)17(7)10-3/h8,10,12-15H,1,3,9,11H2,2,4-7H3/b16-12+. The van der Waals surface area contributed by atoms with Crippen LogP contribution in [0.2, 0.25) is 0 Å². The summed E-state index contributed by atoms with van der Waals surface area (Å²) in [5.74, 6) is 1.86. The van der Waals surface area contributed by atoms with Crippen molar-refractivity contribution in [2.75, 3.05) is 7.05 Å². The van der Waals surface area contributed by atoms with Gasteiger partial charge in [0, 0.05) is 18.7 Å². The second-order valence-electron chi connectivity index (χ2n) is 5.06. The SMILES string of the molecule is C=CCC(/C(=C\CC)N(C)C=C)C(C)C(C)C. The van der Waals surface area contributed by atoms with Gasteiger partial charge >= 0.3 is 0 Å². The average Bonchev–Trinajstić information content (AvgIpc) is 2.31. The van der Waals surface area contributed by atoms with Crippen LogP contribution >= 0.6 is 0 Å². The van der Waals surface area contributed by atoms with Gasteiger partial charge in [-0.3, -0.25) is 0 Å². The first-order valence-electron chi connectivity index (χ1n) is 6.65. The Morgan fingerprint density at radius 2 is 1.82 bits per heavy atom. The predicted octanol–water partition coefficient (Wildman–Crippen LogP) is 4.84. The van der Waals surface area contributed by atoms with Crippen molar-refractivity contribution in [1.29, 1.82) is 0 Å². The second-order valence-corrected chi connectivity index (χ2v) is 5.06. The Morgan fingerprint density at radius 1 is 1.24 bits per heavy atom. The minimum absolute atomic E-state index is 0.537. The molecule has 0 fully saturated rings. The average molecular weight is 235 g/mol. The molecule has 2 atom stereocenters. The van der Waals surface area contributed by atoms with Crippen LogP contribution in [0.15, 0.2) is 37.2 Å². The van der Waals surface area contributed by atoms with Gasteiger partial charge in [-0.15, -0.1) is 6.58 Å². The lowest BCUT2D eigenvalue weighted by atomic mass is 9.80. The lowest BCUT2D eigenvalue weighted by Gasteiger charge is -2.32. The molecule has 0 aliphatic carbocycles. The summed E-state index contributed by atoms with van der Waals surface area (Å²) in [4.78, 5) is 2.15. The van der Waals surface area contributed by atoms with Crippen LogP contribution in [-0.2, 0) is 0 Å². The van der Waals surface area contributed by atoms with Gasteiger partial charge in [0.25, 0.3) is 0 Å². The molecule has 0 spiro atoms. The zero-order valence-electron chi connectivity index (χ0n) is 12.2. The smallest absolute Gasteiger partial charge is 0.0167 e. The van der Waals surface area contributed by atoms with Crippen molar-refractivity contribution < 1.29 is 0 Å². The molecule has 17 heavy (non-hydrogen) atoms. The summed E-state index contributed by atoms with van der Waals surface area (Å²) in [6.07, 6.45) is 8.33. The lowest BCUT2D eigenvalue weighted by Crippen LogP contribution is -2.26. The van der Waals surface area contributed by atoms with Crippen LogP contribution in [0.1, 0.15) is 40.5 Å². The number of nitrogens with zero attached hydrogens (tertiary/aromatic N) is 1. The Bertz CT molecular complexity index is 263. The summed E-state index contributed by atoms with van der Waals surface area (Å²) in [5, 5.41) is 0. The third-order valence-electron chi connectivity index (χ3n) is 3.58. The number of hydrogen-bond donors (Lipinski definition) is 0. The molecule has 0 aliphatic heterocycles. The summed E-state index contributed by atoms with van der Waals surface area (Å²) in [5.41, 5.74) is 1.38. The van der Waals surface area contributed by atoms with Crippen molar-refractivity contribution in [1.82, 2.24) is 4.90 Å². The van der Waals surface area contributed by atoms with Crippen LogP contribution < -0.4 is 0 Å². The molecule has 0 aromatic heterocycles. The molecule has 0 saturated carbocycles. The largest absolute Gasteiger partial charge is 0.355 e. The van der Waals surface area contributed by atoms with Crippen LogP contribution in [0, 0.1) is 17.8 Å². The van der Waals surface area contributed by atoms with Crippen molar-refractivity contribution in [2.45, 2.75) is 40.5 Å². The molecule has 0 aliphatic rings. The van der Waals surface area contributed by atoms with Crippen LogP contribution in [-0.4, -0.2) is 11.9 Å². The van der Waals surface area contributed by atoms with Gasteiger partial charge in [0.15, 0.2) is 0 Å². The van der Waals surface area contributed by atoms with E-state index < -0.39 is 0 Å². The van der Waals surface area contributed by atoms with Crippen molar-refractivity contribution in [2.24, 2.45) is 17.8 Å². The monoisotopic (exact) mass is 235 g/mol. The minimum atomic E-state index is 0.537. The zero-order valence-corrected chi connectivity index (χ0v) is 12.2. The fraction of sp³-hybridized carbons (Fsp3) is 0.625. The molecule has 0 N–H and O–H groups in total. The van der Waals surface area contributed by atoms with E-state index in [1.165, 1.54) is 5.70 Å². The zero-order chi connectivity index (χ0) is 13.4. The van der Waals surface area contributed by atoms with Gasteiger partial charge in [-0.25, -0.2) is 0 Å². The quantitative estimate of drug-likeness (QED) is 0.544. The van der Waals surface area contributed by atoms with Crippen LogP contribution in [0.25, 0.3) is 0 Å². The minimum Gasteiger partial charge on any atom is -0.355 e. The Balaban J connectivity index is 5.15. The predicted molar refractivity (Wildman–Crippen MR) is 78.6 cm³/mol. The Morgan fingerprint density at radius 3 is 2.18 bits per heavy atom. The molecule has 0 aromatic rings. The van der Waals surface area contributed by atoms with E-state index >= 15 is 0 Å². The van der Waals surface area contributed by atoms with E-state index in [1.54, 1.807) is 0 Å². The molecular formula is C16H29N. The highest BCUT2D eigenvalue weighted by Gasteiger charge is 2.24. The van der Waals surface area contributed by atoms with E-state index in [0.29, 0.717) is 17.8 Å².